The highest BCUT2D eigenvalue weighted by molar-refractivity contribution is 6.03. The lowest BCUT2D eigenvalue weighted by molar-refractivity contribution is 0.102. The number of hydrogen-bond acceptors (Lipinski definition) is 2. The van der Waals surface area contributed by atoms with E-state index in [0.717, 1.165) is 22.5 Å². The van der Waals surface area contributed by atoms with Gasteiger partial charge in [0.2, 0.25) is 5.95 Å². The van der Waals surface area contributed by atoms with E-state index in [1.54, 1.807) is 12.1 Å². The van der Waals surface area contributed by atoms with Crippen molar-refractivity contribution in [3.05, 3.63) is 107 Å². The molecule has 1 amide bonds. The first-order valence-corrected chi connectivity index (χ1v) is 9.75. The Bertz CT molecular complexity index is 1180. The molecule has 4 aromatic rings. The number of benzene rings is 3. The van der Waals surface area contributed by atoms with Gasteiger partial charge in [-0.3, -0.25) is 10.1 Å². The zero-order valence-corrected chi connectivity index (χ0v) is 16.9. The predicted octanol–water partition coefficient (Wildman–Crippen LogP) is 5.38. The number of hydrogen-bond donors (Lipinski definition) is 1. The van der Waals surface area contributed by atoms with Crippen molar-refractivity contribution in [2.45, 2.75) is 13.3 Å². The van der Waals surface area contributed by atoms with Crippen molar-refractivity contribution in [2.75, 3.05) is 5.32 Å². The van der Waals surface area contributed by atoms with Crippen LogP contribution in [0.1, 0.15) is 27.2 Å². The number of halogens is 1. The molecule has 0 fully saturated rings. The number of carbonyl (C=O) groups is 1. The first-order chi connectivity index (χ1) is 14.5. The van der Waals surface area contributed by atoms with E-state index in [1.165, 1.54) is 17.7 Å². The molecule has 0 aliphatic rings. The van der Waals surface area contributed by atoms with Crippen LogP contribution in [-0.4, -0.2) is 15.5 Å². The predicted molar refractivity (Wildman–Crippen MR) is 117 cm³/mol. The zero-order chi connectivity index (χ0) is 21.1. The van der Waals surface area contributed by atoms with Crippen LogP contribution in [0.25, 0.3) is 11.3 Å². The van der Waals surface area contributed by atoms with E-state index in [9.17, 15) is 9.18 Å². The number of aromatic nitrogens is 2. The van der Waals surface area contributed by atoms with Crippen LogP contribution in [0, 0.1) is 12.7 Å². The normalized spacial score (nSPS) is 10.8. The van der Waals surface area contributed by atoms with Gasteiger partial charge in [0.05, 0.1) is 17.0 Å². The Morgan fingerprint density at radius 2 is 1.63 bits per heavy atom. The second-order valence-corrected chi connectivity index (χ2v) is 7.25. The molecule has 0 saturated carbocycles. The van der Waals surface area contributed by atoms with Gasteiger partial charge in [-0.2, -0.15) is 0 Å². The Morgan fingerprint density at radius 3 is 2.33 bits per heavy atom. The first-order valence-electron chi connectivity index (χ1n) is 9.75. The molecule has 1 heterocycles. The Hall–Kier alpha value is -3.73. The molecule has 0 atom stereocenters. The Morgan fingerprint density at radius 1 is 0.967 bits per heavy atom. The molecule has 1 aromatic heterocycles. The number of aryl methyl sites for hydroxylation is 1. The summed E-state index contributed by atoms with van der Waals surface area (Å²) in [6, 6.07) is 24.2. The summed E-state index contributed by atoms with van der Waals surface area (Å²) in [5.74, 6) is -0.708. The molecular formula is C25H22FN3O. The summed E-state index contributed by atoms with van der Waals surface area (Å²) in [7, 11) is 1.85. The zero-order valence-electron chi connectivity index (χ0n) is 16.9. The lowest BCUT2D eigenvalue weighted by Crippen LogP contribution is -2.16. The van der Waals surface area contributed by atoms with Crippen molar-refractivity contribution in [3.63, 3.8) is 0 Å². The van der Waals surface area contributed by atoms with Crippen LogP contribution in [0.4, 0.5) is 10.3 Å². The van der Waals surface area contributed by atoms with Crippen LogP contribution in [-0.2, 0) is 13.5 Å². The molecule has 1 N–H and O–H groups in total. The molecule has 4 rings (SSSR count). The maximum atomic E-state index is 14.0. The number of nitrogens with one attached hydrogen (secondary N) is 1. The topological polar surface area (TPSA) is 46.9 Å². The van der Waals surface area contributed by atoms with Crippen LogP contribution >= 0.6 is 0 Å². The molecule has 0 aliphatic carbocycles. The highest BCUT2D eigenvalue weighted by Crippen LogP contribution is 2.29. The van der Waals surface area contributed by atoms with Gasteiger partial charge < -0.3 is 4.57 Å². The maximum absolute atomic E-state index is 14.0. The van der Waals surface area contributed by atoms with Gasteiger partial charge in [-0.15, -0.1) is 0 Å². The summed E-state index contributed by atoms with van der Waals surface area (Å²) in [5, 5.41) is 2.77. The summed E-state index contributed by atoms with van der Waals surface area (Å²) in [4.78, 5) is 17.4. The van der Waals surface area contributed by atoms with E-state index in [4.69, 9.17) is 4.98 Å². The molecule has 30 heavy (non-hydrogen) atoms. The van der Waals surface area contributed by atoms with Gasteiger partial charge in [-0.25, -0.2) is 9.37 Å². The summed E-state index contributed by atoms with van der Waals surface area (Å²) in [6.45, 7) is 2.04. The number of amides is 1. The van der Waals surface area contributed by atoms with Gasteiger partial charge in [0.25, 0.3) is 5.91 Å². The van der Waals surface area contributed by atoms with Gasteiger partial charge in [-0.1, -0.05) is 72.3 Å². The highest BCUT2D eigenvalue weighted by Gasteiger charge is 2.20. The third-order valence-corrected chi connectivity index (χ3v) is 5.05. The molecule has 0 saturated heterocycles. The fraction of sp³-hybridized carbons (Fsp3) is 0.120. The van der Waals surface area contributed by atoms with Crippen molar-refractivity contribution in [1.29, 1.82) is 0 Å². The fourth-order valence-corrected chi connectivity index (χ4v) is 3.47. The second kappa shape index (κ2) is 8.33. The van der Waals surface area contributed by atoms with Crippen LogP contribution < -0.4 is 5.32 Å². The molecule has 0 aliphatic heterocycles. The summed E-state index contributed by atoms with van der Waals surface area (Å²) in [5.41, 5.74) is 5.04. The van der Waals surface area contributed by atoms with Crippen molar-refractivity contribution in [2.24, 2.45) is 7.05 Å². The number of rotatable bonds is 5. The molecule has 150 valence electrons. The molecule has 5 heteroatoms. The SMILES string of the molecule is Cc1ccc(-c2c(Cc3ccccc3)nc(NC(=O)c3ccccc3F)n2C)cc1. The third-order valence-electron chi connectivity index (χ3n) is 5.05. The van der Waals surface area contributed by atoms with Crippen LogP contribution in [0.15, 0.2) is 78.9 Å². The monoisotopic (exact) mass is 399 g/mol. The average molecular weight is 399 g/mol. The van der Waals surface area contributed by atoms with Crippen molar-refractivity contribution in [1.82, 2.24) is 9.55 Å². The van der Waals surface area contributed by atoms with Gasteiger partial charge in [0.15, 0.2) is 0 Å². The molecular weight excluding hydrogens is 377 g/mol. The van der Waals surface area contributed by atoms with E-state index >= 15 is 0 Å². The number of carbonyl (C=O) groups excluding carboxylic acids is 1. The van der Waals surface area contributed by atoms with Crippen LogP contribution in [0.2, 0.25) is 0 Å². The number of imidazole rings is 1. The lowest BCUT2D eigenvalue weighted by atomic mass is 10.0. The Balaban J connectivity index is 1.74. The largest absolute Gasteiger partial charge is 0.313 e. The van der Waals surface area contributed by atoms with Gasteiger partial charge in [0.1, 0.15) is 5.82 Å². The van der Waals surface area contributed by atoms with E-state index in [2.05, 4.69) is 5.32 Å². The minimum Gasteiger partial charge on any atom is -0.313 e. The Kier molecular flexibility index (Phi) is 5.44. The van der Waals surface area contributed by atoms with E-state index in [1.807, 2.05) is 73.1 Å². The standard InChI is InChI=1S/C25H22FN3O/c1-17-12-14-19(15-13-17)23-22(16-18-8-4-3-5-9-18)27-25(29(23)2)28-24(30)20-10-6-7-11-21(20)26/h3-15H,16H2,1-2H3,(H,27,28,30). The van der Waals surface area contributed by atoms with Crippen molar-refractivity contribution in [3.8, 4) is 11.3 Å². The third kappa shape index (κ3) is 4.01. The van der Waals surface area contributed by atoms with E-state index in [-0.39, 0.29) is 5.56 Å². The lowest BCUT2D eigenvalue weighted by Gasteiger charge is -2.09. The summed E-state index contributed by atoms with van der Waals surface area (Å²) in [6.07, 6.45) is 0.619. The first kappa shape index (κ1) is 19.6. The molecule has 0 spiro atoms. The number of anilines is 1. The summed E-state index contributed by atoms with van der Waals surface area (Å²) >= 11 is 0. The minimum absolute atomic E-state index is 0.0120. The van der Waals surface area contributed by atoms with E-state index in [0.29, 0.717) is 12.4 Å². The van der Waals surface area contributed by atoms with Gasteiger partial charge in [0, 0.05) is 19.0 Å². The van der Waals surface area contributed by atoms with Gasteiger partial charge >= 0.3 is 0 Å². The Labute approximate surface area is 175 Å². The van der Waals surface area contributed by atoms with Crippen molar-refractivity contribution < 1.29 is 9.18 Å². The summed E-state index contributed by atoms with van der Waals surface area (Å²) < 4.78 is 15.9. The fourth-order valence-electron chi connectivity index (χ4n) is 3.47. The maximum Gasteiger partial charge on any atom is 0.260 e. The van der Waals surface area contributed by atoms with Gasteiger partial charge in [-0.05, 0) is 24.6 Å². The van der Waals surface area contributed by atoms with Crippen LogP contribution in [0.5, 0.6) is 0 Å². The van der Waals surface area contributed by atoms with Crippen LogP contribution in [0.3, 0.4) is 0 Å². The molecule has 3 aromatic carbocycles. The average Bonchev–Trinajstić information content (AvgIpc) is 3.04. The molecule has 0 unspecified atom stereocenters. The minimum atomic E-state index is -0.563. The second-order valence-electron chi connectivity index (χ2n) is 7.25. The highest BCUT2D eigenvalue weighted by atomic mass is 19.1. The molecule has 0 bridgehead atoms. The smallest absolute Gasteiger partial charge is 0.260 e. The number of nitrogens with zero attached hydrogens (tertiary/aromatic N) is 2. The van der Waals surface area contributed by atoms with E-state index < -0.39 is 11.7 Å². The molecule has 0 radical (unpaired) electrons. The quantitative estimate of drug-likeness (QED) is 0.490. The van der Waals surface area contributed by atoms with Crippen molar-refractivity contribution >= 4 is 11.9 Å². The molecule has 4 nitrogen and oxygen atoms in total.